The van der Waals surface area contributed by atoms with Gasteiger partial charge in [0.15, 0.2) is 0 Å². The van der Waals surface area contributed by atoms with Gasteiger partial charge in [0.05, 0.1) is 10.6 Å². The van der Waals surface area contributed by atoms with Crippen LogP contribution < -0.4 is 10.5 Å². The van der Waals surface area contributed by atoms with Crippen LogP contribution in [0.3, 0.4) is 0 Å². The van der Waals surface area contributed by atoms with Crippen LogP contribution in [-0.4, -0.2) is 20.2 Å². The predicted octanol–water partition coefficient (Wildman–Crippen LogP) is 1.27. The molecule has 16 heavy (non-hydrogen) atoms. The minimum Gasteiger partial charge on any atom is -0.324 e. The summed E-state index contributed by atoms with van der Waals surface area (Å²) in [4.78, 5) is 11.0. The topological polar surface area (TPSA) is 89.3 Å². The lowest BCUT2D eigenvalue weighted by Gasteiger charge is -2.07. The van der Waals surface area contributed by atoms with Crippen molar-refractivity contribution < 1.29 is 13.2 Å². The number of sulfonamides is 1. The highest BCUT2D eigenvalue weighted by atomic mass is 79.9. The van der Waals surface area contributed by atoms with E-state index in [1.54, 1.807) is 0 Å². The van der Waals surface area contributed by atoms with Crippen LogP contribution >= 0.6 is 27.5 Å². The summed E-state index contributed by atoms with van der Waals surface area (Å²) in [7, 11) is -3.74. The van der Waals surface area contributed by atoms with Gasteiger partial charge in [0, 0.05) is 4.47 Å². The molecule has 0 aromatic heterocycles. The van der Waals surface area contributed by atoms with Crippen LogP contribution in [0.25, 0.3) is 0 Å². The van der Waals surface area contributed by atoms with Crippen molar-refractivity contribution in [2.75, 3.05) is 11.2 Å². The van der Waals surface area contributed by atoms with Crippen LogP contribution in [0.1, 0.15) is 0 Å². The molecule has 0 aliphatic rings. The zero-order valence-corrected chi connectivity index (χ0v) is 11.1. The van der Waals surface area contributed by atoms with E-state index in [1.807, 2.05) is 0 Å². The van der Waals surface area contributed by atoms with Gasteiger partial charge in [-0.3, -0.25) is 4.79 Å². The molecule has 0 aliphatic carbocycles. The number of anilines is 1. The lowest BCUT2D eigenvalue weighted by molar-refractivity contribution is -0.113. The fourth-order valence-electron chi connectivity index (χ4n) is 0.958. The molecule has 0 radical (unpaired) electrons. The summed E-state index contributed by atoms with van der Waals surface area (Å²) in [5.74, 6) is -0.561. The molecule has 0 saturated carbocycles. The van der Waals surface area contributed by atoms with Gasteiger partial charge >= 0.3 is 0 Å². The minimum absolute atomic E-state index is 0.0387. The van der Waals surface area contributed by atoms with Gasteiger partial charge in [0.25, 0.3) is 0 Å². The Balaban J connectivity index is 3.06. The summed E-state index contributed by atoms with van der Waals surface area (Å²) in [5, 5.41) is 7.43. The molecule has 1 aromatic rings. The third-order valence-electron chi connectivity index (χ3n) is 1.66. The van der Waals surface area contributed by atoms with Crippen LogP contribution in [-0.2, 0) is 14.8 Å². The molecule has 0 unspecified atom stereocenters. The lowest BCUT2D eigenvalue weighted by atomic mass is 10.3. The SMILES string of the molecule is NS(=O)(=O)c1ccc(NC(=O)CCl)c(Br)c1. The summed E-state index contributed by atoms with van der Waals surface area (Å²) in [6.07, 6.45) is 0. The summed E-state index contributed by atoms with van der Waals surface area (Å²) >= 11 is 8.43. The average molecular weight is 328 g/mol. The number of nitrogens with two attached hydrogens (primary N) is 1. The van der Waals surface area contributed by atoms with E-state index < -0.39 is 10.0 Å². The van der Waals surface area contributed by atoms with Crippen molar-refractivity contribution in [3.63, 3.8) is 0 Å². The van der Waals surface area contributed by atoms with Crippen molar-refractivity contribution in [1.29, 1.82) is 0 Å². The van der Waals surface area contributed by atoms with E-state index in [4.69, 9.17) is 16.7 Å². The van der Waals surface area contributed by atoms with Crippen molar-refractivity contribution in [1.82, 2.24) is 0 Å². The Morgan fingerprint density at radius 1 is 1.50 bits per heavy atom. The van der Waals surface area contributed by atoms with Crippen LogP contribution in [0.5, 0.6) is 0 Å². The molecule has 1 rings (SSSR count). The maximum Gasteiger partial charge on any atom is 0.239 e. The molecule has 0 bridgehead atoms. The highest BCUT2D eigenvalue weighted by Gasteiger charge is 2.11. The van der Waals surface area contributed by atoms with Gasteiger partial charge in [-0.15, -0.1) is 11.6 Å². The molecule has 8 heteroatoms. The van der Waals surface area contributed by atoms with Gasteiger partial charge in [-0.05, 0) is 34.1 Å². The van der Waals surface area contributed by atoms with E-state index in [1.165, 1.54) is 18.2 Å². The number of primary sulfonamides is 1. The first-order valence-corrected chi connectivity index (χ1v) is 6.90. The molecule has 0 heterocycles. The molecule has 0 atom stereocenters. The Kier molecular flexibility index (Phi) is 4.31. The van der Waals surface area contributed by atoms with E-state index in [-0.39, 0.29) is 16.7 Å². The summed E-state index contributed by atoms with van der Waals surface area (Å²) in [6.45, 7) is 0. The third-order valence-corrected chi connectivity index (χ3v) is 3.47. The fraction of sp³-hybridized carbons (Fsp3) is 0.125. The minimum atomic E-state index is -3.74. The molecule has 0 saturated heterocycles. The van der Waals surface area contributed by atoms with Crippen molar-refractivity contribution in [2.24, 2.45) is 5.14 Å². The molecular weight excluding hydrogens is 320 g/mol. The number of halogens is 2. The average Bonchev–Trinajstić information content (AvgIpc) is 2.19. The molecule has 3 N–H and O–H groups in total. The molecule has 5 nitrogen and oxygen atoms in total. The molecule has 0 aliphatic heterocycles. The largest absolute Gasteiger partial charge is 0.324 e. The zero-order chi connectivity index (χ0) is 12.3. The summed E-state index contributed by atoms with van der Waals surface area (Å²) < 4.78 is 22.5. The number of nitrogens with one attached hydrogen (secondary N) is 1. The second kappa shape index (κ2) is 5.13. The molecule has 0 spiro atoms. The van der Waals surface area contributed by atoms with Crippen LogP contribution in [0.4, 0.5) is 5.69 Å². The van der Waals surface area contributed by atoms with Crippen molar-refractivity contribution >= 4 is 49.1 Å². The Morgan fingerprint density at radius 3 is 2.56 bits per heavy atom. The monoisotopic (exact) mass is 326 g/mol. The zero-order valence-electron chi connectivity index (χ0n) is 7.91. The Hall–Kier alpha value is -0.630. The van der Waals surface area contributed by atoms with E-state index >= 15 is 0 Å². The smallest absolute Gasteiger partial charge is 0.239 e. The second-order valence-electron chi connectivity index (χ2n) is 2.87. The highest BCUT2D eigenvalue weighted by Crippen LogP contribution is 2.25. The van der Waals surface area contributed by atoms with Gasteiger partial charge in [0.2, 0.25) is 15.9 Å². The highest BCUT2D eigenvalue weighted by molar-refractivity contribution is 9.10. The number of carbonyl (C=O) groups is 1. The Bertz CT molecular complexity index is 518. The Labute approximate surface area is 106 Å². The van der Waals surface area contributed by atoms with E-state index in [0.717, 1.165) is 0 Å². The van der Waals surface area contributed by atoms with Crippen molar-refractivity contribution in [2.45, 2.75) is 4.90 Å². The van der Waals surface area contributed by atoms with Gasteiger partial charge < -0.3 is 5.32 Å². The normalized spacial score (nSPS) is 11.2. The van der Waals surface area contributed by atoms with Crippen molar-refractivity contribution in [3.8, 4) is 0 Å². The number of rotatable bonds is 3. The maximum absolute atomic E-state index is 11.0. The number of alkyl halides is 1. The molecule has 1 aromatic carbocycles. The van der Waals surface area contributed by atoms with E-state index in [0.29, 0.717) is 10.2 Å². The number of hydrogen-bond acceptors (Lipinski definition) is 3. The van der Waals surface area contributed by atoms with Gasteiger partial charge in [-0.2, -0.15) is 0 Å². The Morgan fingerprint density at radius 2 is 2.12 bits per heavy atom. The number of amides is 1. The molecule has 1 amide bonds. The third kappa shape index (κ3) is 3.44. The quantitative estimate of drug-likeness (QED) is 0.819. The number of benzene rings is 1. The van der Waals surface area contributed by atoms with Crippen LogP contribution in [0, 0.1) is 0 Å². The van der Waals surface area contributed by atoms with Crippen molar-refractivity contribution in [3.05, 3.63) is 22.7 Å². The predicted molar refractivity (Wildman–Crippen MR) is 64.9 cm³/mol. The first-order chi connectivity index (χ1) is 7.34. The van der Waals surface area contributed by atoms with Gasteiger partial charge in [-0.1, -0.05) is 0 Å². The first-order valence-electron chi connectivity index (χ1n) is 4.03. The number of carbonyl (C=O) groups excluding carboxylic acids is 1. The first kappa shape index (κ1) is 13.4. The van der Waals surface area contributed by atoms with E-state index in [2.05, 4.69) is 21.2 Å². The summed E-state index contributed by atoms with van der Waals surface area (Å²) in [6, 6.07) is 4.03. The summed E-state index contributed by atoms with van der Waals surface area (Å²) in [5.41, 5.74) is 0.429. The lowest BCUT2D eigenvalue weighted by Crippen LogP contribution is -2.14. The fourth-order valence-corrected chi connectivity index (χ4v) is 2.19. The molecule has 88 valence electrons. The van der Waals surface area contributed by atoms with Crippen LogP contribution in [0.15, 0.2) is 27.6 Å². The number of hydrogen-bond donors (Lipinski definition) is 2. The standard InChI is InChI=1S/C8H8BrClN2O3S/c9-6-3-5(16(11,14)15)1-2-7(6)12-8(13)4-10/h1-3H,4H2,(H,12,13)(H2,11,14,15). The van der Waals surface area contributed by atoms with Gasteiger partial charge in [-0.25, -0.2) is 13.6 Å². The molecule has 0 fully saturated rings. The van der Waals surface area contributed by atoms with E-state index in [9.17, 15) is 13.2 Å². The van der Waals surface area contributed by atoms with Gasteiger partial charge in [0.1, 0.15) is 5.88 Å². The molecular formula is C8H8BrClN2O3S. The van der Waals surface area contributed by atoms with Crippen LogP contribution in [0.2, 0.25) is 0 Å². The second-order valence-corrected chi connectivity index (χ2v) is 5.55. The maximum atomic E-state index is 11.0.